The van der Waals surface area contributed by atoms with Gasteiger partial charge in [0.1, 0.15) is 17.1 Å². The fourth-order valence-electron chi connectivity index (χ4n) is 2.82. The van der Waals surface area contributed by atoms with Crippen molar-refractivity contribution in [2.75, 3.05) is 11.9 Å². The van der Waals surface area contributed by atoms with E-state index in [2.05, 4.69) is 5.32 Å². The number of aromatic nitrogens is 1. The Morgan fingerprint density at radius 1 is 1.10 bits per heavy atom. The van der Waals surface area contributed by atoms with Gasteiger partial charge in [0.25, 0.3) is 0 Å². The number of fused-ring (bicyclic) bond motifs is 1. The largest absolute Gasteiger partial charge is 0.462 e. The number of carbonyl (C=O) groups excluding carboxylic acids is 3. The Morgan fingerprint density at radius 3 is 2.48 bits per heavy atom. The van der Waals surface area contributed by atoms with Gasteiger partial charge < -0.3 is 19.4 Å². The highest BCUT2D eigenvalue weighted by molar-refractivity contribution is 7.16. The van der Waals surface area contributed by atoms with Crippen LogP contribution >= 0.6 is 11.3 Å². The number of anilines is 1. The maximum atomic E-state index is 12.6. The zero-order chi connectivity index (χ0) is 21.0. The summed E-state index contributed by atoms with van der Waals surface area (Å²) in [5.41, 5.74) is 1.30. The van der Waals surface area contributed by atoms with Gasteiger partial charge in [-0.1, -0.05) is 0 Å². The van der Waals surface area contributed by atoms with Crippen molar-refractivity contribution in [1.29, 1.82) is 0 Å². The number of carbonyl (C=O) groups is 3. The standard InChI is InChI=1S/C21H22N2O5S/c1-4-27-20(25)14-5-7-16(8-6-14)22-18(24)12-23-17(21(26)28-13(2)3)11-15-9-10-29-19(15)23/h5-11,13H,4,12H2,1-3H3,(H,22,24). The molecule has 29 heavy (non-hydrogen) atoms. The number of amides is 1. The summed E-state index contributed by atoms with van der Waals surface area (Å²) >= 11 is 1.45. The van der Waals surface area contributed by atoms with Crippen molar-refractivity contribution < 1.29 is 23.9 Å². The van der Waals surface area contributed by atoms with E-state index in [0.29, 0.717) is 23.6 Å². The van der Waals surface area contributed by atoms with Crippen LogP contribution < -0.4 is 5.32 Å². The summed E-state index contributed by atoms with van der Waals surface area (Å²) < 4.78 is 11.9. The monoisotopic (exact) mass is 414 g/mol. The fraction of sp³-hybridized carbons (Fsp3) is 0.286. The van der Waals surface area contributed by atoms with Crippen molar-refractivity contribution in [2.45, 2.75) is 33.4 Å². The average Bonchev–Trinajstić information content (AvgIpc) is 3.24. The molecular weight excluding hydrogens is 392 g/mol. The van der Waals surface area contributed by atoms with E-state index in [-0.39, 0.29) is 18.6 Å². The van der Waals surface area contributed by atoms with Crippen molar-refractivity contribution in [3.8, 4) is 0 Å². The van der Waals surface area contributed by atoms with Gasteiger partial charge >= 0.3 is 11.9 Å². The van der Waals surface area contributed by atoms with Gasteiger partial charge in [-0.15, -0.1) is 11.3 Å². The van der Waals surface area contributed by atoms with Crippen LogP contribution in [0.3, 0.4) is 0 Å². The zero-order valence-corrected chi connectivity index (χ0v) is 17.2. The fourth-order valence-corrected chi connectivity index (χ4v) is 3.72. The quantitative estimate of drug-likeness (QED) is 0.589. The molecule has 0 radical (unpaired) electrons. The van der Waals surface area contributed by atoms with Crippen LogP contribution in [-0.4, -0.2) is 35.1 Å². The average molecular weight is 414 g/mol. The summed E-state index contributed by atoms with van der Waals surface area (Å²) in [6.45, 7) is 5.56. The van der Waals surface area contributed by atoms with E-state index in [1.807, 2.05) is 11.4 Å². The number of benzene rings is 1. The summed E-state index contributed by atoms with van der Waals surface area (Å²) in [5, 5.41) is 5.58. The van der Waals surface area contributed by atoms with Crippen molar-refractivity contribution in [1.82, 2.24) is 4.57 Å². The van der Waals surface area contributed by atoms with Crippen molar-refractivity contribution in [2.24, 2.45) is 0 Å². The van der Waals surface area contributed by atoms with E-state index in [1.165, 1.54) is 11.3 Å². The highest BCUT2D eigenvalue weighted by Crippen LogP contribution is 2.26. The molecule has 3 aromatic rings. The molecule has 2 heterocycles. The Labute approximate surface area is 172 Å². The number of hydrogen-bond donors (Lipinski definition) is 1. The molecule has 0 aliphatic carbocycles. The second-order valence-corrected chi connectivity index (χ2v) is 7.49. The van der Waals surface area contributed by atoms with Gasteiger partial charge in [0.05, 0.1) is 18.3 Å². The van der Waals surface area contributed by atoms with Crippen LogP contribution in [-0.2, 0) is 20.8 Å². The third-order valence-electron chi connectivity index (χ3n) is 4.04. The number of thiophene rings is 1. The molecule has 0 bridgehead atoms. The van der Waals surface area contributed by atoms with Crippen LogP contribution in [0.1, 0.15) is 41.6 Å². The van der Waals surface area contributed by atoms with E-state index >= 15 is 0 Å². The van der Waals surface area contributed by atoms with Crippen LogP contribution in [0.4, 0.5) is 5.69 Å². The van der Waals surface area contributed by atoms with Crippen LogP contribution in [0.25, 0.3) is 10.2 Å². The van der Waals surface area contributed by atoms with E-state index in [1.54, 1.807) is 55.7 Å². The molecular formula is C21H22N2O5S. The van der Waals surface area contributed by atoms with Crippen molar-refractivity contribution in [3.05, 3.63) is 53.0 Å². The normalized spacial score (nSPS) is 10.9. The van der Waals surface area contributed by atoms with Gasteiger partial charge in [0, 0.05) is 11.1 Å². The molecule has 1 aromatic carbocycles. The van der Waals surface area contributed by atoms with Gasteiger partial charge in [-0.25, -0.2) is 9.59 Å². The Bertz CT molecular complexity index is 1030. The first-order valence-electron chi connectivity index (χ1n) is 9.23. The van der Waals surface area contributed by atoms with E-state index in [4.69, 9.17) is 9.47 Å². The lowest BCUT2D eigenvalue weighted by Gasteiger charge is -2.12. The smallest absolute Gasteiger partial charge is 0.355 e. The number of rotatable bonds is 7. The summed E-state index contributed by atoms with van der Waals surface area (Å²) in [6.07, 6.45) is -0.254. The third kappa shape index (κ3) is 4.83. The second-order valence-electron chi connectivity index (χ2n) is 6.60. The number of hydrogen-bond acceptors (Lipinski definition) is 6. The first kappa shape index (κ1) is 20.6. The first-order valence-corrected chi connectivity index (χ1v) is 10.1. The second kappa shape index (κ2) is 8.91. The minimum absolute atomic E-state index is 0.0355. The van der Waals surface area contributed by atoms with Crippen LogP contribution in [0.2, 0.25) is 0 Å². The highest BCUT2D eigenvalue weighted by Gasteiger charge is 2.20. The van der Waals surface area contributed by atoms with Crippen LogP contribution in [0.5, 0.6) is 0 Å². The molecule has 0 aliphatic rings. The molecule has 8 heteroatoms. The molecule has 0 unspecified atom stereocenters. The minimum Gasteiger partial charge on any atom is -0.462 e. The summed E-state index contributed by atoms with van der Waals surface area (Å²) in [5.74, 6) is -1.17. The summed E-state index contributed by atoms with van der Waals surface area (Å²) in [6, 6.07) is 10.1. The molecule has 0 saturated heterocycles. The zero-order valence-electron chi connectivity index (χ0n) is 16.4. The minimum atomic E-state index is -0.463. The SMILES string of the molecule is CCOC(=O)c1ccc(NC(=O)Cn2c(C(=O)OC(C)C)cc3ccsc32)cc1. The summed E-state index contributed by atoms with van der Waals surface area (Å²) in [7, 11) is 0. The van der Waals surface area contributed by atoms with Crippen molar-refractivity contribution >= 4 is 45.1 Å². The maximum Gasteiger partial charge on any atom is 0.355 e. The Balaban J connectivity index is 1.75. The van der Waals surface area contributed by atoms with Gasteiger partial charge in [0.15, 0.2) is 0 Å². The highest BCUT2D eigenvalue weighted by atomic mass is 32.1. The predicted molar refractivity (Wildman–Crippen MR) is 111 cm³/mol. The molecule has 0 aliphatic heterocycles. The summed E-state index contributed by atoms with van der Waals surface area (Å²) in [4.78, 5) is 37.6. The van der Waals surface area contributed by atoms with Gasteiger partial charge in [-0.2, -0.15) is 0 Å². The number of nitrogens with one attached hydrogen (secondary N) is 1. The maximum absolute atomic E-state index is 12.6. The van der Waals surface area contributed by atoms with E-state index in [9.17, 15) is 14.4 Å². The first-order chi connectivity index (χ1) is 13.9. The molecule has 2 aromatic heterocycles. The molecule has 3 rings (SSSR count). The van der Waals surface area contributed by atoms with Gasteiger partial charge in [-0.3, -0.25) is 4.79 Å². The Hall–Kier alpha value is -3.13. The number of esters is 2. The topological polar surface area (TPSA) is 86.6 Å². The van der Waals surface area contributed by atoms with Crippen LogP contribution in [0, 0.1) is 0 Å². The lowest BCUT2D eigenvalue weighted by atomic mass is 10.2. The molecule has 7 nitrogen and oxygen atoms in total. The Morgan fingerprint density at radius 2 is 1.83 bits per heavy atom. The van der Waals surface area contributed by atoms with Gasteiger partial charge in [-0.05, 0) is 62.5 Å². The molecule has 1 amide bonds. The van der Waals surface area contributed by atoms with Crippen molar-refractivity contribution in [3.63, 3.8) is 0 Å². The number of ether oxygens (including phenoxy) is 2. The third-order valence-corrected chi connectivity index (χ3v) is 4.99. The van der Waals surface area contributed by atoms with E-state index < -0.39 is 11.9 Å². The lowest BCUT2D eigenvalue weighted by molar-refractivity contribution is -0.116. The lowest BCUT2D eigenvalue weighted by Crippen LogP contribution is -2.22. The predicted octanol–water partition coefficient (Wildman–Crippen LogP) is 4.08. The molecule has 1 N–H and O–H groups in total. The molecule has 152 valence electrons. The van der Waals surface area contributed by atoms with E-state index in [0.717, 1.165) is 10.2 Å². The Kier molecular flexibility index (Phi) is 6.33. The van der Waals surface area contributed by atoms with Gasteiger partial charge in [0.2, 0.25) is 5.91 Å². The van der Waals surface area contributed by atoms with Crippen LogP contribution in [0.15, 0.2) is 41.8 Å². The number of nitrogens with zero attached hydrogens (tertiary/aromatic N) is 1. The molecule has 0 spiro atoms. The molecule has 0 atom stereocenters. The molecule has 0 saturated carbocycles. The molecule has 0 fully saturated rings.